The molecule has 6 heteroatoms. The molecule has 3 fully saturated rings. The average molecular weight is 407 g/mol. The predicted octanol–water partition coefficient (Wildman–Crippen LogP) is 3.32. The second-order valence-electron chi connectivity index (χ2n) is 8.80. The fourth-order valence-corrected chi connectivity index (χ4v) is 4.75. The number of likely N-dealkylation sites (tertiary alicyclic amines) is 1. The van der Waals surface area contributed by atoms with Crippen molar-refractivity contribution in [1.82, 2.24) is 15.1 Å². The highest BCUT2D eigenvalue weighted by atomic mass is 19.1. The van der Waals surface area contributed by atoms with Crippen LogP contribution in [0.1, 0.15) is 37.4 Å². The third kappa shape index (κ3) is 3.49. The van der Waals surface area contributed by atoms with Gasteiger partial charge in [0.1, 0.15) is 17.5 Å². The zero-order valence-corrected chi connectivity index (χ0v) is 16.9. The second-order valence-corrected chi connectivity index (χ2v) is 8.80. The van der Waals surface area contributed by atoms with Crippen LogP contribution in [0, 0.1) is 11.7 Å². The summed E-state index contributed by atoms with van der Waals surface area (Å²) in [6.07, 6.45) is 4.47. The lowest BCUT2D eigenvalue weighted by Gasteiger charge is -2.34. The van der Waals surface area contributed by atoms with Crippen LogP contribution < -0.4 is 5.32 Å². The lowest BCUT2D eigenvalue weighted by molar-refractivity contribution is -0.132. The Morgan fingerprint density at radius 3 is 2.17 bits per heavy atom. The molecule has 1 atom stereocenters. The van der Waals surface area contributed by atoms with E-state index in [1.54, 1.807) is 12.1 Å². The van der Waals surface area contributed by atoms with Gasteiger partial charge in [-0.15, -0.1) is 0 Å². The molecule has 3 aliphatic rings. The first kappa shape index (κ1) is 19.2. The maximum atomic E-state index is 13.2. The minimum Gasteiger partial charge on any atom is -0.345 e. The van der Waals surface area contributed by atoms with Crippen LogP contribution in [0.4, 0.5) is 4.39 Å². The number of hydrogen-bond acceptors (Lipinski definition) is 3. The lowest BCUT2D eigenvalue weighted by Crippen LogP contribution is -2.40. The van der Waals surface area contributed by atoms with Gasteiger partial charge in [0.2, 0.25) is 12.3 Å². The van der Waals surface area contributed by atoms with Gasteiger partial charge < -0.3 is 9.80 Å². The van der Waals surface area contributed by atoms with E-state index in [1.165, 1.54) is 12.1 Å². The molecule has 5 rings (SSSR count). The summed E-state index contributed by atoms with van der Waals surface area (Å²) in [5.41, 5.74) is 2.69. The first-order valence-electron chi connectivity index (χ1n) is 10.7. The van der Waals surface area contributed by atoms with Crippen LogP contribution in [0.5, 0.6) is 0 Å². The minimum absolute atomic E-state index is 0.119. The van der Waals surface area contributed by atoms with E-state index in [1.807, 2.05) is 21.9 Å². The molecule has 0 bridgehead atoms. The third-order valence-corrected chi connectivity index (χ3v) is 6.80. The molecule has 2 aliphatic heterocycles. The molecular weight excluding hydrogens is 381 g/mol. The van der Waals surface area contributed by atoms with Gasteiger partial charge in [0, 0.05) is 19.6 Å². The molecule has 2 amide bonds. The Morgan fingerprint density at radius 1 is 1.00 bits per heavy atom. The highest BCUT2D eigenvalue weighted by Gasteiger charge is 2.59. The highest BCUT2D eigenvalue weighted by molar-refractivity contribution is 5.92. The monoisotopic (exact) mass is 407 g/mol. The van der Waals surface area contributed by atoms with Crippen LogP contribution in [0.2, 0.25) is 0 Å². The Kier molecular flexibility index (Phi) is 4.82. The number of carbonyl (C=O) groups excluding carboxylic acids is 2. The average Bonchev–Trinajstić information content (AvgIpc) is 3.52. The number of hydrogen-bond donors (Lipinski definition) is 1. The molecule has 1 aliphatic carbocycles. The van der Waals surface area contributed by atoms with Crippen LogP contribution >= 0.6 is 0 Å². The van der Waals surface area contributed by atoms with Crippen molar-refractivity contribution in [3.05, 3.63) is 59.9 Å². The van der Waals surface area contributed by atoms with Crippen molar-refractivity contribution < 1.29 is 14.0 Å². The summed E-state index contributed by atoms with van der Waals surface area (Å²) in [7, 11) is 0. The first-order chi connectivity index (χ1) is 14.6. The molecule has 5 nitrogen and oxygen atoms in total. The van der Waals surface area contributed by atoms with E-state index in [2.05, 4.69) is 17.4 Å². The Labute approximate surface area is 175 Å². The molecule has 2 saturated heterocycles. The maximum Gasteiger partial charge on any atom is 0.244 e. The number of carbonyl (C=O) groups is 2. The summed E-state index contributed by atoms with van der Waals surface area (Å²) in [5, 5.41) is 3.59. The number of amides is 2. The Bertz CT molecular complexity index is 932. The summed E-state index contributed by atoms with van der Waals surface area (Å²) in [4.78, 5) is 28.0. The quantitative estimate of drug-likeness (QED) is 0.774. The molecule has 2 heterocycles. The summed E-state index contributed by atoms with van der Waals surface area (Å²) < 4.78 is 13.2. The number of nitrogens with one attached hydrogen (secondary N) is 1. The van der Waals surface area contributed by atoms with Gasteiger partial charge in [-0.3, -0.25) is 14.9 Å². The lowest BCUT2D eigenvalue weighted by atomic mass is 9.96. The normalized spacial score (nSPS) is 23.2. The third-order valence-electron chi connectivity index (χ3n) is 6.80. The fraction of sp³-hybridized carbons (Fsp3) is 0.417. The zero-order valence-electron chi connectivity index (χ0n) is 16.9. The molecule has 0 radical (unpaired) electrons. The Hall–Kier alpha value is -2.73. The van der Waals surface area contributed by atoms with Crippen molar-refractivity contribution in [2.45, 2.75) is 37.4 Å². The van der Waals surface area contributed by atoms with Gasteiger partial charge in [-0.2, -0.15) is 0 Å². The number of piperidine rings is 1. The van der Waals surface area contributed by atoms with Crippen molar-refractivity contribution in [2.75, 3.05) is 19.6 Å². The smallest absolute Gasteiger partial charge is 0.244 e. The molecule has 1 unspecified atom stereocenters. The van der Waals surface area contributed by atoms with Crippen molar-refractivity contribution in [3.8, 4) is 11.1 Å². The number of rotatable bonds is 5. The predicted molar refractivity (Wildman–Crippen MR) is 112 cm³/mol. The van der Waals surface area contributed by atoms with E-state index >= 15 is 0 Å². The van der Waals surface area contributed by atoms with Crippen molar-refractivity contribution >= 4 is 12.3 Å². The van der Waals surface area contributed by atoms with E-state index in [9.17, 15) is 14.0 Å². The van der Waals surface area contributed by atoms with E-state index in [0.717, 1.165) is 68.4 Å². The van der Waals surface area contributed by atoms with Crippen molar-refractivity contribution in [3.63, 3.8) is 0 Å². The Balaban J connectivity index is 1.34. The zero-order chi connectivity index (χ0) is 20.7. The van der Waals surface area contributed by atoms with E-state index in [-0.39, 0.29) is 23.4 Å². The molecule has 0 aromatic heterocycles. The van der Waals surface area contributed by atoms with Gasteiger partial charge in [-0.05, 0) is 60.4 Å². The molecule has 2 aromatic carbocycles. The van der Waals surface area contributed by atoms with Gasteiger partial charge in [0.05, 0.1) is 0 Å². The van der Waals surface area contributed by atoms with E-state index < -0.39 is 0 Å². The van der Waals surface area contributed by atoms with Crippen LogP contribution in [0.3, 0.4) is 0 Å². The van der Waals surface area contributed by atoms with Crippen LogP contribution in [0.25, 0.3) is 11.1 Å². The molecule has 1 N–H and O–H groups in total. The fourth-order valence-electron chi connectivity index (χ4n) is 4.75. The summed E-state index contributed by atoms with van der Waals surface area (Å²) in [6, 6.07) is 14.7. The molecule has 156 valence electrons. The largest absolute Gasteiger partial charge is 0.345 e. The molecule has 30 heavy (non-hydrogen) atoms. The second kappa shape index (κ2) is 7.51. The summed E-state index contributed by atoms with van der Waals surface area (Å²) in [6.45, 7) is 2.27. The van der Waals surface area contributed by atoms with E-state index in [4.69, 9.17) is 0 Å². The number of nitrogens with zero attached hydrogens (tertiary/aromatic N) is 2. The van der Waals surface area contributed by atoms with Gasteiger partial charge >= 0.3 is 0 Å². The Morgan fingerprint density at radius 2 is 1.60 bits per heavy atom. The number of benzene rings is 2. The molecule has 1 spiro atoms. The minimum atomic E-state index is -0.371. The maximum absolute atomic E-state index is 13.2. The van der Waals surface area contributed by atoms with Gasteiger partial charge in [-0.25, -0.2) is 4.39 Å². The SMILES string of the molecule is O=CN1CCC(CN2C(=O)C3(CC3)NC2c2ccc(-c3ccc(F)cc3)cc2)CC1. The molecular formula is C24H26FN3O2. The van der Waals surface area contributed by atoms with E-state index in [0.29, 0.717) is 5.92 Å². The number of halogens is 1. The van der Waals surface area contributed by atoms with Crippen molar-refractivity contribution in [2.24, 2.45) is 5.92 Å². The molecule has 2 aromatic rings. The summed E-state index contributed by atoms with van der Waals surface area (Å²) >= 11 is 0. The van der Waals surface area contributed by atoms with Crippen molar-refractivity contribution in [1.29, 1.82) is 0 Å². The van der Waals surface area contributed by atoms with Gasteiger partial charge in [0.25, 0.3) is 0 Å². The van der Waals surface area contributed by atoms with Crippen LogP contribution in [-0.4, -0.2) is 47.3 Å². The van der Waals surface area contributed by atoms with Crippen LogP contribution in [0.15, 0.2) is 48.5 Å². The van der Waals surface area contributed by atoms with Gasteiger partial charge in [0.15, 0.2) is 0 Å². The highest BCUT2D eigenvalue weighted by Crippen LogP contribution is 2.46. The topological polar surface area (TPSA) is 52.7 Å². The van der Waals surface area contributed by atoms with Gasteiger partial charge in [-0.1, -0.05) is 36.4 Å². The first-order valence-corrected chi connectivity index (χ1v) is 10.7. The summed E-state index contributed by atoms with van der Waals surface area (Å²) in [5.74, 6) is 0.392. The molecule has 1 saturated carbocycles. The van der Waals surface area contributed by atoms with Crippen LogP contribution in [-0.2, 0) is 9.59 Å². The standard InChI is InChI=1S/C24H26FN3O2/c25-21-7-5-19(6-8-21)18-1-3-20(4-2-18)22-26-24(11-12-24)23(30)28(22)15-17-9-13-27(16-29)14-10-17/h1-8,16-17,22,26H,9-15H2.